The predicted octanol–water partition coefficient (Wildman–Crippen LogP) is 6.59. The van der Waals surface area contributed by atoms with Crippen LogP contribution in [0.4, 0.5) is 21.9 Å². The van der Waals surface area contributed by atoms with Crippen LogP contribution >= 0.6 is 22.9 Å². The number of anilines is 3. The molecule has 0 spiro atoms. The number of piperidine rings is 3. The molecule has 0 bridgehead atoms. The van der Waals surface area contributed by atoms with Crippen molar-refractivity contribution in [3.8, 4) is 16.2 Å². The van der Waals surface area contributed by atoms with Crippen LogP contribution in [0.25, 0.3) is 21.5 Å². The molecule has 72 heavy (non-hydrogen) atoms. The van der Waals surface area contributed by atoms with Crippen molar-refractivity contribution in [2.45, 2.75) is 82.2 Å². The number of sulfonamides is 1. The Hall–Kier alpha value is -6.42. The zero-order valence-corrected chi connectivity index (χ0v) is 42.5. The van der Waals surface area contributed by atoms with Crippen molar-refractivity contribution in [1.29, 1.82) is 0 Å². The van der Waals surface area contributed by atoms with E-state index in [9.17, 15) is 42.3 Å². The summed E-state index contributed by atoms with van der Waals surface area (Å²) in [6.45, 7) is 6.64. The molecule has 4 fully saturated rings. The predicted molar refractivity (Wildman–Crippen MR) is 274 cm³/mol. The number of carboxylic acid groups (broad SMARTS) is 2. The lowest BCUT2D eigenvalue weighted by molar-refractivity contribution is -0.139. The number of aliphatic carboxylic acids is 1. The molecule has 5 aromatic rings. The lowest BCUT2D eigenvalue weighted by Gasteiger charge is -2.45. The van der Waals surface area contributed by atoms with Gasteiger partial charge in [-0.2, -0.15) is 4.31 Å². The van der Waals surface area contributed by atoms with Crippen molar-refractivity contribution in [1.82, 2.24) is 23.7 Å². The van der Waals surface area contributed by atoms with E-state index in [0.717, 1.165) is 60.6 Å². The smallest absolute Gasteiger partial charge is 0.349 e. The van der Waals surface area contributed by atoms with Crippen molar-refractivity contribution in [3.63, 3.8) is 0 Å². The first-order valence-corrected chi connectivity index (χ1v) is 26.8. The molecule has 4 aliphatic heterocycles. The minimum absolute atomic E-state index is 0.00362. The van der Waals surface area contributed by atoms with Gasteiger partial charge in [0.2, 0.25) is 21.8 Å². The van der Waals surface area contributed by atoms with Gasteiger partial charge in [0.1, 0.15) is 11.1 Å². The Morgan fingerprint density at radius 2 is 1.67 bits per heavy atom. The van der Waals surface area contributed by atoms with Gasteiger partial charge >= 0.3 is 23.7 Å². The van der Waals surface area contributed by atoms with Gasteiger partial charge in [-0.15, -0.1) is 11.3 Å². The largest absolute Gasteiger partial charge is 0.479 e. The third-order valence-electron chi connectivity index (χ3n) is 14.3. The number of carbonyl (C=O) groups excluding carboxylic acids is 3. The number of hydrogen-bond acceptors (Lipinski definition) is 12. The van der Waals surface area contributed by atoms with Gasteiger partial charge in [0.05, 0.1) is 21.7 Å². The highest BCUT2D eigenvalue weighted by Crippen LogP contribution is 2.46. The van der Waals surface area contributed by atoms with E-state index in [2.05, 4.69) is 15.5 Å². The number of carbonyl (C=O) groups is 5. The van der Waals surface area contributed by atoms with E-state index in [1.54, 1.807) is 51.2 Å². The molecule has 0 aliphatic carbocycles. The fraction of sp³-hybridized carbons (Fsp3) is 0.440. The maximum absolute atomic E-state index is 14.2. The van der Waals surface area contributed by atoms with Crippen LogP contribution < -0.4 is 30.9 Å². The van der Waals surface area contributed by atoms with Gasteiger partial charge < -0.3 is 30.1 Å². The Kier molecular flexibility index (Phi) is 14.2. The highest BCUT2D eigenvalue weighted by molar-refractivity contribution is 7.88. The van der Waals surface area contributed by atoms with E-state index in [0.29, 0.717) is 65.6 Å². The molecule has 1 unspecified atom stereocenters. The number of aryl methyl sites for hydroxylation is 1. The molecule has 0 saturated carbocycles. The average molecular weight is 1050 g/mol. The Labute approximate surface area is 424 Å². The van der Waals surface area contributed by atoms with Crippen LogP contribution in [0, 0.1) is 5.92 Å². The number of aromatic carboxylic acids is 1. The van der Waals surface area contributed by atoms with Gasteiger partial charge in [-0.3, -0.25) is 28.9 Å². The molecule has 6 heterocycles. The minimum atomic E-state index is -3.79. The van der Waals surface area contributed by atoms with Crippen LogP contribution in [-0.2, 0) is 37.2 Å². The lowest BCUT2D eigenvalue weighted by atomic mass is 9.89. The number of halogens is 1. The van der Waals surface area contributed by atoms with E-state index in [-0.39, 0.29) is 64.5 Å². The number of fused-ring (bicyclic) bond motifs is 1. The molecule has 0 radical (unpaired) electrons. The summed E-state index contributed by atoms with van der Waals surface area (Å²) in [4.78, 5) is 80.6. The number of aromatic nitrogens is 2. The summed E-state index contributed by atoms with van der Waals surface area (Å²) in [6, 6.07) is 19.3. The highest BCUT2D eigenvalue weighted by Gasteiger charge is 2.42. The molecule has 4 saturated heterocycles. The van der Waals surface area contributed by atoms with Crippen molar-refractivity contribution >= 4 is 90.8 Å². The van der Waals surface area contributed by atoms with Gasteiger partial charge in [0.25, 0.3) is 0 Å². The monoisotopic (exact) mass is 1040 g/mol. The SMILES string of the molecule is Cn1c(=O)n(C2CCC(=O)NC2=O)c2ccc(N3CCC(CCN4CCN(c5cccc(CS(=O)(=O)N6CC[C@H](Nc7cccc(-c8sc(C(=O)O)c(OCC(=O)O)c8Cl)c7)CC6(C)C)c5)C4=O)CC3)cc21. The molecule has 4 amide bonds. The first-order valence-electron chi connectivity index (χ1n) is 24.0. The summed E-state index contributed by atoms with van der Waals surface area (Å²) in [5.74, 6) is -3.36. The second-order valence-corrected chi connectivity index (χ2v) is 22.9. The number of ether oxygens (including phenoxy) is 1. The van der Waals surface area contributed by atoms with Gasteiger partial charge in [-0.1, -0.05) is 35.9 Å². The van der Waals surface area contributed by atoms with Crippen LogP contribution in [0.5, 0.6) is 5.75 Å². The van der Waals surface area contributed by atoms with Gasteiger partial charge in [-0.05, 0) is 112 Å². The first kappa shape index (κ1) is 50.5. The topological polar surface area (TPSA) is 233 Å². The molecule has 2 aromatic heterocycles. The lowest BCUT2D eigenvalue weighted by Crippen LogP contribution is -2.55. The third kappa shape index (κ3) is 10.3. The number of nitrogens with zero attached hydrogens (tertiary/aromatic N) is 6. The van der Waals surface area contributed by atoms with E-state index in [1.165, 1.54) is 4.57 Å². The highest BCUT2D eigenvalue weighted by atomic mass is 35.5. The summed E-state index contributed by atoms with van der Waals surface area (Å²) in [7, 11) is -2.10. The van der Waals surface area contributed by atoms with Crippen LogP contribution in [0.2, 0.25) is 5.02 Å². The fourth-order valence-corrected chi connectivity index (χ4v) is 14.1. The maximum atomic E-state index is 14.2. The van der Waals surface area contributed by atoms with Crippen molar-refractivity contribution in [2.24, 2.45) is 13.0 Å². The molecule has 19 nitrogen and oxygen atoms in total. The van der Waals surface area contributed by atoms with Crippen LogP contribution in [0.1, 0.15) is 80.1 Å². The van der Waals surface area contributed by atoms with Crippen molar-refractivity contribution in [3.05, 3.63) is 92.7 Å². The number of rotatable bonds is 16. The normalized spacial score (nSPS) is 20.1. The number of benzene rings is 3. The van der Waals surface area contributed by atoms with Crippen molar-refractivity contribution < 1.29 is 47.3 Å². The van der Waals surface area contributed by atoms with Gasteiger partial charge in [0, 0.05) is 81.4 Å². The zero-order valence-electron chi connectivity index (χ0n) is 40.1. The zero-order chi connectivity index (χ0) is 51.2. The molecule has 2 atom stereocenters. The number of amides is 4. The quantitative estimate of drug-likeness (QED) is 0.0765. The Bertz CT molecular complexity index is 3140. The van der Waals surface area contributed by atoms with Crippen molar-refractivity contribution in [2.75, 3.05) is 61.0 Å². The van der Waals surface area contributed by atoms with Crippen LogP contribution in [0.15, 0.2) is 71.5 Å². The molecule has 382 valence electrons. The van der Waals surface area contributed by atoms with E-state index in [4.69, 9.17) is 21.4 Å². The first-order chi connectivity index (χ1) is 34.3. The number of imidazole rings is 1. The summed E-state index contributed by atoms with van der Waals surface area (Å²) in [6.07, 6.45) is 4.21. The molecule has 4 aliphatic rings. The second-order valence-electron chi connectivity index (χ2n) is 19.6. The summed E-state index contributed by atoms with van der Waals surface area (Å²) in [5.41, 5.74) is 3.88. The summed E-state index contributed by atoms with van der Waals surface area (Å²) >= 11 is 7.42. The van der Waals surface area contributed by atoms with Crippen LogP contribution in [0.3, 0.4) is 0 Å². The standard InChI is InChI=1S/C50H57ClN8O11S2/c1-50(2)27-34(52-33-8-5-7-32(25-33)44-42(51)43(70-28-41(61)62)45(71-44)47(64)65)17-21-58(50)72(68,69)29-31-6-4-9-36(24-31)57-23-22-56(49(57)67)20-16-30-14-18-55(19-15-30)35-10-11-37-39(26-35)54(3)48(66)59(37)38-12-13-40(60)53-46(38)63/h4-11,24-26,30,34,38,52H,12-23,27-29H2,1-3H3,(H,61,62)(H,64,65)(H,53,60,63)/t34-,38?/m0/s1. The number of carboxylic acids is 2. The number of urea groups is 1. The number of thiophene rings is 1. The molecule has 4 N–H and O–H groups in total. The van der Waals surface area contributed by atoms with Crippen LogP contribution in [-0.4, -0.2) is 124 Å². The number of nitrogens with one attached hydrogen (secondary N) is 2. The minimum Gasteiger partial charge on any atom is -0.479 e. The molecule has 22 heteroatoms. The van der Waals surface area contributed by atoms with E-state index < -0.39 is 46.1 Å². The molecule has 3 aromatic carbocycles. The summed E-state index contributed by atoms with van der Waals surface area (Å²) < 4.78 is 38.1. The molecular formula is C50H57ClN8O11S2. The third-order valence-corrected chi connectivity index (χ3v) is 18.1. The Morgan fingerprint density at radius 1 is 0.903 bits per heavy atom. The number of imide groups is 1. The summed E-state index contributed by atoms with van der Waals surface area (Å²) in [5, 5.41) is 24.7. The maximum Gasteiger partial charge on any atom is 0.349 e. The second kappa shape index (κ2) is 20.2. The molecular weight excluding hydrogens is 988 g/mol. The molecule has 9 rings (SSSR count). The fourth-order valence-electron chi connectivity index (χ4n) is 10.7. The Morgan fingerprint density at radius 3 is 2.39 bits per heavy atom. The average Bonchev–Trinajstić information content (AvgIpc) is 3.96. The van der Waals surface area contributed by atoms with Gasteiger partial charge in [-0.25, -0.2) is 27.6 Å². The van der Waals surface area contributed by atoms with E-state index >= 15 is 0 Å². The Balaban J connectivity index is 0.766. The number of hydrogen-bond donors (Lipinski definition) is 4. The van der Waals surface area contributed by atoms with E-state index in [1.807, 2.05) is 55.1 Å². The van der Waals surface area contributed by atoms with Gasteiger partial charge in [0.15, 0.2) is 17.2 Å².